The normalized spacial score (nSPS) is 10.3. The zero-order valence-corrected chi connectivity index (χ0v) is 12.2. The fourth-order valence-electron chi connectivity index (χ4n) is 2.03. The van der Waals surface area contributed by atoms with E-state index in [0.717, 1.165) is 16.7 Å². The van der Waals surface area contributed by atoms with Gasteiger partial charge in [-0.2, -0.15) is 0 Å². The number of nitrogen functional groups attached to an aromatic ring is 1. The van der Waals surface area contributed by atoms with Crippen molar-refractivity contribution >= 4 is 17.3 Å². The molecule has 0 radical (unpaired) electrons. The summed E-state index contributed by atoms with van der Waals surface area (Å²) in [5.41, 5.74) is 11.6. The van der Waals surface area contributed by atoms with Crippen LogP contribution in [0, 0.1) is 20.8 Å². The zero-order chi connectivity index (χ0) is 14.7. The van der Waals surface area contributed by atoms with Crippen molar-refractivity contribution in [1.29, 1.82) is 0 Å². The highest BCUT2D eigenvalue weighted by Crippen LogP contribution is 2.23. The average Bonchev–Trinajstić information content (AvgIpc) is 2.39. The van der Waals surface area contributed by atoms with Crippen molar-refractivity contribution in [1.82, 2.24) is 0 Å². The fraction of sp³-hybridized carbons (Fsp3) is 0.235. The summed E-state index contributed by atoms with van der Waals surface area (Å²) >= 11 is 0. The Morgan fingerprint density at radius 1 is 1.05 bits per heavy atom. The maximum Gasteiger partial charge on any atom is 0.228 e. The quantitative estimate of drug-likeness (QED) is 0.838. The Morgan fingerprint density at radius 2 is 1.65 bits per heavy atom. The first-order valence-corrected chi connectivity index (χ1v) is 6.68. The monoisotopic (exact) mass is 268 g/mol. The first-order chi connectivity index (χ1) is 9.45. The maximum atomic E-state index is 12.0. The highest BCUT2D eigenvalue weighted by molar-refractivity contribution is 5.95. The Labute approximate surface area is 119 Å². The van der Waals surface area contributed by atoms with E-state index in [2.05, 4.69) is 5.32 Å². The molecule has 1 amide bonds. The largest absolute Gasteiger partial charge is 0.397 e. The lowest BCUT2D eigenvalue weighted by Crippen LogP contribution is -2.15. The van der Waals surface area contributed by atoms with Gasteiger partial charge in [-0.25, -0.2) is 0 Å². The fourth-order valence-corrected chi connectivity index (χ4v) is 2.03. The number of anilines is 2. The molecule has 3 N–H and O–H groups in total. The summed E-state index contributed by atoms with van der Waals surface area (Å²) < 4.78 is 0. The van der Waals surface area contributed by atoms with Crippen molar-refractivity contribution in [3.05, 3.63) is 58.7 Å². The van der Waals surface area contributed by atoms with Crippen molar-refractivity contribution in [2.45, 2.75) is 27.2 Å². The number of rotatable bonds is 3. The van der Waals surface area contributed by atoms with Gasteiger partial charge in [0.2, 0.25) is 5.91 Å². The molecular formula is C17H20N2O. The summed E-state index contributed by atoms with van der Waals surface area (Å²) in [5.74, 6) is -0.0520. The minimum Gasteiger partial charge on any atom is -0.397 e. The number of carbonyl (C=O) groups is 1. The van der Waals surface area contributed by atoms with Gasteiger partial charge < -0.3 is 11.1 Å². The molecule has 0 fully saturated rings. The lowest BCUT2D eigenvalue weighted by Gasteiger charge is -2.11. The molecule has 0 unspecified atom stereocenters. The molecule has 0 aliphatic rings. The number of hydrogen-bond acceptors (Lipinski definition) is 2. The van der Waals surface area contributed by atoms with E-state index >= 15 is 0 Å². The van der Waals surface area contributed by atoms with E-state index < -0.39 is 0 Å². The Hall–Kier alpha value is -2.29. The van der Waals surface area contributed by atoms with Crippen LogP contribution in [-0.2, 0) is 11.2 Å². The Kier molecular flexibility index (Phi) is 4.08. The Bertz CT molecular complexity index is 630. The molecule has 0 saturated carbocycles. The van der Waals surface area contributed by atoms with Gasteiger partial charge in [0.05, 0.1) is 17.8 Å². The first-order valence-electron chi connectivity index (χ1n) is 6.68. The van der Waals surface area contributed by atoms with Gasteiger partial charge in [-0.1, -0.05) is 29.8 Å². The van der Waals surface area contributed by atoms with Crippen LogP contribution in [0.3, 0.4) is 0 Å². The maximum absolute atomic E-state index is 12.0. The van der Waals surface area contributed by atoms with E-state index in [1.807, 2.05) is 57.2 Å². The number of hydrogen-bond donors (Lipinski definition) is 2. The van der Waals surface area contributed by atoms with Crippen LogP contribution in [0.4, 0.5) is 11.4 Å². The average molecular weight is 268 g/mol. The highest BCUT2D eigenvalue weighted by Gasteiger charge is 2.08. The van der Waals surface area contributed by atoms with E-state index in [1.54, 1.807) is 0 Å². The van der Waals surface area contributed by atoms with Crippen LogP contribution < -0.4 is 11.1 Å². The number of nitrogens with one attached hydrogen (secondary N) is 1. The van der Waals surface area contributed by atoms with Crippen molar-refractivity contribution in [3.63, 3.8) is 0 Å². The molecule has 0 heterocycles. The number of benzene rings is 2. The predicted molar refractivity (Wildman–Crippen MR) is 83.8 cm³/mol. The third kappa shape index (κ3) is 3.38. The Morgan fingerprint density at radius 3 is 2.30 bits per heavy atom. The molecule has 0 aliphatic carbocycles. The molecule has 2 rings (SSSR count). The van der Waals surface area contributed by atoms with Crippen molar-refractivity contribution < 1.29 is 4.79 Å². The summed E-state index contributed by atoms with van der Waals surface area (Å²) in [6.45, 7) is 6.04. The SMILES string of the molecule is Cc1ccc(CC(=O)Nc2cc(C)c(C)cc2N)cc1. The molecule has 20 heavy (non-hydrogen) atoms. The van der Waals surface area contributed by atoms with Crippen molar-refractivity contribution in [2.75, 3.05) is 11.1 Å². The van der Waals surface area contributed by atoms with E-state index in [4.69, 9.17) is 5.73 Å². The lowest BCUT2D eigenvalue weighted by molar-refractivity contribution is -0.115. The molecule has 0 aromatic heterocycles. The van der Waals surface area contributed by atoms with Gasteiger partial charge in [0, 0.05) is 0 Å². The van der Waals surface area contributed by atoms with Crippen LogP contribution in [0.1, 0.15) is 22.3 Å². The zero-order valence-electron chi connectivity index (χ0n) is 12.2. The summed E-state index contributed by atoms with van der Waals surface area (Å²) in [5, 5.41) is 2.88. The molecule has 2 aromatic carbocycles. The van der Waals surface area contributed by atoms with Gasteiger partial charge in [0.1, 0.15) is 0 Å². The third-order valence-electron chi connectivity index (χ3n) is 3.43. The standard InChI is InChI=1S/C17H20N2O/c1-11-4-6-14(7-5-11)10-17(20)19-16-9-13(3)12(2)8-15(16)18/h4-9H,10,18H2,1-3H3,(H,19,20). The van der Waals surface area contributed by atoms with Crippen LogP contribution in [-0.4, -0.2) is 5.91 Å². The minimum absolute atomic E-state index is 0.0520. The molecule has 2 aromatic rings. The summed E-state index contributed by atoms with van der Waals surface area (Å²) in [6, 6.07) is 11.8. The predicted octanol–water partition coefficient (Wildman–Crippen LogP) is 3.38. The number of amides is 1. The molecule has 0 aliphatic heterocycles. The molecule has 104 valence electrons. The van der Waals surface area contributed by atoms with Crippen molar-refractivity contribution in [2.24, 2.45) is 0 Å². The number of carbonyl (C=O) groups excluding carboxylic acids is 1. The van der Waals surface area contributed by atoms with Gasteiger partial charge in [-0.05, 0) is 49.6 Å². The van der Waals surface area contributed by atoms with Gasteiger partial charge in [0.25, 0.3) is 0 Å². The smallest absolute Gasteiger partial charge is 0.228 e. The molecule has 0 bridgehead atoms. The van der Waals surface area contributed by atoms with E-state index in [1.165, 1.54) is 5.56 Å². The van der Waals surface area contributed by atoms with E-state index in [0.29, 0.717) is 17.8 Å². The van der Waals surface area contributed by atoms with E-state index in [9.17, 15) is 4.79 Å². The number of nitrogens with two attached hydrogens (primary N) is 1. The van der Waals surface area contributed by atoms with Gasteiger partial charge >= 0.3 is 0 Å². The summed E-state index contributed by atoms with van der Waals surface area (Å²) in [7, 11) is 0. The topological polar surface area (TPSA) is 55.1 Å². The van der Waals surface area contributed by atoms with Gasteiger partial charge in [-0.3, -0.25) is 4.79 Å². The lowest BCUT2D eigenvalue weighted by atomic mass is 10.1. The molecule has 0 saturated heterocycles. The van der Waals surface area contributed by atoms with Gasteiger partial charge in [0.15, 0.2) is 0 Å². The van der Waals surface area contributed by atoms with Crippen LogP contribution in [0.15, 0.2) is 36.4 Å². The minimum atomic E-state index is -0.0520. The highest BCUT2D eigenvalue weighted by atomic mass is 16.1. The second kappa shape index (κ2) is 5.78. The Balaban J connectivity index is 2.08. The van der Waals surface area contributed by atoms with Crippen LogP contribution in [0.25, 0.3) is 0 Å². The van der Waals surface area contributed by atoms with Crippen LogP contribution >= 0.6 is 0 Å². The van der Waals surface area contributed by atoms with Crippen molar-refractivity contribution in [3.8, 4) is 0 Å². The first kappa shape index (κ1) is 14.1. The van der Waals surface area contributed by atoms with Crippen LogP contribution in [0.5, 0.6) is 0 Å². The molecule has 0 spiro atoms. The van der Waals surface area contributed by atoms with Crippen LogP contribution in [0.2, 0.25) is 0 Å². The second-order valence-corrected chi connectivity index (χ2v) is 5.23. The summed E-state index contributed by atoms with van der Waals surface area (Å²) in [4.78, 5) is 12.0. The van der Waals surface area contributed by atoms with Gasteiger partial charge in [-0.15, -0.1) is 0 Å². The molecular weight excluding hydrogens is 248 g/mol. The van der Waals surface area contributed by atoms with E-state index in [-0.39, 0.29) is 5.91 Å². The molecule has 3 heteroatoms. The molecule has 3 nitrogen and oxygen atoms in total. The summed E-state index contributed by atoms with van der Waals surface area (Å²) in [6.07, 6.45) is 0.354. The molecule has 0 atom stereocenters. The second-order valence-electron chi connectivity index (χ2n) is 5.23. The number of aryl methyl sites for hydroxylation is 3. The third-order valence-corrected chi connectivity index (χ3v) is 3.43.